The fourth-order valence-corrected chi connectivity index (χ4v) is 0.361. The summed E-state index contributed by atoms with van der Waals surface area (Å²) in [6.45, 7) is 16.8. The average molecular weight is 174 g/mol. The second kappa shape index (κ2) is 16.9. The number of rotatable bonds is 2. The van der Waals surface area contributed by atoms with E-state index in [0.717, 1.165) is 12.4 Å². The van der Waals surface area contributed by atoms with Crippen LogP contribution in [0.25, 0.3) is 0 Å². The lowest BCUT2D eigenvalue weighted by Gasteiger charge is -2.02. The van der Waals surface area contributed by atoms with E-state index in [9.17, 15) is 0 Å². The van der Waals surface area contributed by atoms with Crippen LogP contribution in [0.15, 0.2) is 11.3 Å². The summed E-state index contributed by atoms with van der Waals surface area (Å²) in [5.74, 6) is 1.05. The van der Waals surface area contributed by atoms with Crippen molar-refractivity contribution in [2.24, 2.45) is 0 Å². The van der Waals surface area contributed by atoms with Gasteiger partial charge in [0, 0.05) is 0 Å². The zero-order valence-corrected chi connectivity index (χ0v) is 10.1. The molecule has 0 aliphatic rings. The Hall–Kier alpha value is -0.460. The van der Waals surface area contributed by atoms with Gasteiger partial charge in [0.15, 0.2) is 0 Å². The summed E-state index contributed by atoms with van der Waals surface area (Å²) in [5.41, 5.74) is 1.26. The molecule has 0 aromatic heterocycles. The molecule has 0 N–H and O–H groups in total. The van der Waals surface area contributed by atoms with Crippen LogP contribution >= 0.6 is 0 Å². The first-order chi connectivity index (χ1) is 5.68. The summed E-state index contributed by atoms with van der Waals surface area (Å²) in [5, 5.41) is 0. The van der Waals surface area contributed by atoms with Crippen LogP contribution in [-0.4, -0.2) is 6.61 Å². The van der Waals surface area contributed by atoms with Gasteiger partial charge in [-0.25, -0.2) is 0 Å². The van der Waals surface area contributed by atoms with E-state index in [1.54, 1.807) is 0 Å². The van der Waals surface area contributed by atoms with E-state index in [0.29, 0.717) is 0 Å². The highest BCUT2D eigenvalue weighted by atomic mass is 16.5. The first-order valence-corrected chi connectivity index (χ1v) is 4.95. The van der Waals surface area contributed by atoms with Crippen molar-refractivity contribution in [2.75, 3.05) is 6.61 Å². The molecule has 1 heteroatoms. The maximum Gasteiger partial charge on any atom is 0.0915 e. The molecule has 0 amide bonds. The Morgan fingerprint density at radius 3 is 1.33 bits per heavy atom. The van der Waals surface area contributed by atoms with Gasteiger partial charge in [-0.1, -0.05) is 27.7 Å². The van der Waals surface area contributed by atoms with Gasteiger partial charge in [0.1, 0.15) is 0 Å². The van der Waals surface area contributed by atoms with Crippen LogP contribution in [0, 0.1) is 0 Å². The van der Waals surface area contributed by atoms with E-state index in [1.807, 2.05) is 55.4 Å². The molecule has 0 aromatic rings. The lowest BCUT2D eigenvalue weighted by molar-refractivity contribution is 0.228. The third-order valence-electron chi connectivity index (χ3n) is 1.06. The monoisotopic (exact) mass is 174 g/mol. The highest BCUT2D eigenvalue weighted by Gasteiger charge is 1.86. The molecular weight excluding hydrogens is 148 g/mol. The molecule has 1 nitrogen and oxygen atoms in total. The summed E-state index contributed by atoms with van der Waals surface area (Å²) in [4.78, 5) is 0. The van der Waals surface area contributed by atoms with Crippen LogP contribution in [0.5, 0.6) is 0 Å². The predicted molar refractivity (Wildman–Crippen MR) is 58.4 cm³/mol. The zero-order chi connectivity index (χ0) is 10.6. The molecule has 0 rings (SSSR count). The van der Waals surface area contributed by atoms with Gasteiger partial charge in [0.25, 0.3) is 0 Å². The van der Waals surface area contributed by atoms with Gasteiger partial charge < -0.3 is 4.74 Å². The smallest absolute Gasteiger partial charge is 0.0915 e. The fraction of sp³-hybridized carbons (Fsp3) is 0.818. The van der Waals surface area contributed by atoms with Crippen molar-refractivity contribution in [1.29, 1.82) is 0 Å². The molecule has 0 saturated carbocycles. The number of hydrogen-bond acceptors (Lipinski definition) is 1. The maximum atomic E-state index is 5.18. The van der Waals surface area contributed by atoms with Crippen molar-refractivity contribution in [3.05, 3.63) is 11.3 Å². The van der Waals surface area contributed by atoms with Crippen molar-refractivity contribution in [2.45, 2.75) is 55.4 Å². The second-order valence-electron chi connectivity index (χ2n) is 1.99. The highest BCUT2D eigenvalue weighted by molar-refractivity contribution is 4.98. The summed E-state index contributed by atoms with van der Waals surface area (Å²) < 4.78 is 5.18. The predicted octanol–water partition coefficient (Wildman–Crippen LogP) is 4.39. The summed E-state index contributed by atoms with van der Waals surface area (Å²) in [6, 6.07) is 0. The molecule has 0 aliphatic carbocycles. The minimum atomic E-state index is 0.775. The third-order valence-corrected chi connectivity index (χ3v) is 1.06. The van der Waals surface area contributed by atoms with Gasteiger partial charge in [-0.15, -0.1) is 0 Å². The lowest BCUT2D eigenvalue weighted by atomic mass is 10.3. The number of ether oxygens (including phenoxy) is 1. The number of allylic oxidation sites excluding steroid dienone is 2. The molecule has 0 spiro atoms. The highest BCUT2D eigenvalue weighted by Crippen LogP contribution is 2.01. The molecule has 0 heterocycles. The SMILES string of the molecule is CC.CC.CCOC(C)=C(C)C. The Balaban J connectivity index is -0.000000175. The van der Waals surface area contributed by atoms with Gasteiger partial charge in [-0.2, -0.15) is 0 Å². The molecule has 0 radical (unpaired) electrons. The molecule has 0 atom stereocenters. The normalized spacial score (nSPS) is 6.67. The Morgan fingerprint density at radius 1 is 0.917 bits per heavy atom. The first kappa shape index (κ1) is 17.6. The van der Waals surface area contributed by atoms with E-state index in [2.05, 4.69) is 0 Å². The van der Waals surface area contributed by atoms with Crippen LogP contribution in [0.3, 0.4) is 0 Å². The van der Waals surface area contributed by atoms with Gasteiger partial charge in [0.2, 0.25) is 0 Å². The lowest BCUT2D eigenvalue weighted by Crippen LogP contribution is -1.87. The number of hydrogen-bond donors (Lipinski definition) is 0. The van der Waals surface area contributed by atoms with Gasteiger partial charge >= 0.3 is 0 Å². The van der Waals surface area contributed by atoms with E-state index < -0.39 is 0 Å². The average Bonchev–Trinajstić information content (AvgIpc) is 2.12. The van der Waals surface area contributed by atoms with Gasteiger partial charge in [-0.3, -0.25) is 0 Å². The first-order valence-electron chi connectivity index (χ1n) is 4.95. The fourth-order valence-electron chi connectivity index (χ4n) is 0.361. The minimum absolute atomic E-state index is 0.775. The van der Waals surface area contributed by atoms with E-state index in [1.165, 1.54) is 5.57 Å². The quantitative estimate of drug-likeness (QED) is 0.564. The summed E-state index contributed by atoms with van der Waals surface area (Å²) in [6.07, 6.45) is 0. The molecule has 0 aromatic carbocycles. The maximum absolute atomic E-state index is 5.18. The van der Waals surface area contributed by atoms with Crippen molar-refractivity contribution in [3.63, 3.8) is 0 Å². The van der Waals surface area contributed by atoms with Crippen molar-refractivity contribution in [3.8, 4) is 0 Å². The Morgan fingerprint density at radius 2 is 1.25 bits per heavy atom. The Labute approximate surface area is 78.8 Å². The van der Waals surface area contributed by atoms with Crippen LogP contribution in [0.4, 0.5) is 0 Å². The zero-order valence-electron chi connectivity index (χ0n) is 10.1. The summed E-state index contributed by atoms with van der Waals surface area (Å²) >= 11 is 0. The molecule has 0 unspecified atom stereocenters. The van der Waals surface area contributed by atoms with E-state index in [-0.39, 0.29) is 0 Å². The van der Waals surface area contributed by atoms with Crippen LogP contribution < -0.4 is 0 Å². The van der Waals surface area contributed by atoms with E-state index in [4.69, 9.17) is 4.74 Å². The van der Waals surface area contributed by atoms with Crippen molar-refractivity contribution >= 4 is 0 Å². The van der Waals surface area contributed by atoms with Crippen LogP contribution in [0.2, 0.25) is 0 Å². The van der Waals surface area contributed by atoms with Crippen LogP contribution in [0.1, 0.15) is 55.4 Å². The third kappa shape index (κ3) is 16.3. The molecule has 0 fully saturated rings. The topological polar surface area (TPSA) is 9.23 Å². The molecule has 0 saturated heterocycles. The standard InChI is InChI=1S/C7H14O.2C2H6/c1-5-8-7(4)6(2)3;2*1-2/h5H2,1-4H3;2*1-2H3. The largest absolute Gasteiger partial charge is 0.499 e. The van der Waals surface area contributed by atoms with Crippen molar-refractivity contribution in [1.82, 2.24) is 0 Å². The Kier molecular flexibility index (Phi) is 24.7. The summed E-state index contributed by atoms with van der Waals surface area (Å²) in [7, 11) is 0. The van der Waals surface area contributed by atoms with E-state index >= 15 is 0 Å². The van der Waals surface area contributed by atoms with Crippen molar-refractivity contribution < 1.29 is 4.74 Å². The molecule has 0 aliphatic heterocycles. The molecule has 0 bridgehead atoms. The molecule has 12 heavy (non-hydrogen) atoms. The minimum Gasteiger partial charge on any atom is -0.499 e. The van der Waals surface area contributed by atoms with Gasteiger partial charge in [-0.05, 0) is 33.3 Å². The Bertz CT molecular complexity index is 89.2. The molecule has 76 valence electrons. The second-order valence-corrected chi connectivity index (χ2v) is 1.99. The van der Waals surface area contributed by atoms with Gasteiger partial charge in [0.05, 0.1) is 12.4 Å². The molecular formula is C11H26O. The van der Waals surface area contributed by atoms with Crippen LogP contribution in [-0.2, 0) is 4.74 Å².